The zero-order valence-corrected chi connectivity index (χ0v) is 13.4. The first-order valence-electron chi connectivity index (χ1n) is 7.90. The number of furan rings is 1. The lowest BCUT2D eigenvalue weighted by molar-refractivity contribution is 0.576. The molecule has 4 aromatic rings. The minimum atomic E-state index is 0.427. The maximum absolute atomic E-state index is 6.25. The second kappa shape index (κ2) is 6.56. The van der Waals surface area contributed by atoms with Crippen molar-refractivity contribution in [3.8, 4) is 17.4 Å². The Morgan fingerprint density at radius 2 is 2.00 bits per heavy atom. The van der Waals surface area contributed by atoms with Crippen LogP contribution in [0.15, 0.2) is 65.8 Å². The van der Waals surface area contributed by atoms with E-state index in [2.05, 4.69) is 20.1 Å². The summed E-state index contributed by atoms with van der Waals surface area (Å²) in [7, 11) is 0. The molecule has 0 bridgehead atoms. The van der Waals surface area contributed by atoms with Crippen molar-refractivity contribution in [1.29, 1.82) is 0 Å². The molecule has 2 N–H and O–H groups in total. The molecule has 25 heavy (non-hydrogen) atoms. The SMILES string of the molecule is Nc1nc(-c2ccco2)nc(-n2cccn2)c1CCc1cccnc1. The molecule has 0 saturated heterocycles. The number of aromatic nitrogens is 5. The van der Waals surface area contributed by atoms with Crippen molar-refractivity contribution in [2.45, 2.75) is 12.8 Å². The van der Waals surface area contributed by atoms with Gasteiger partial charge >= 0.3 is 0 Å². The fourth-order valence-corrected chi connectivity index (χ4v) is 2.64. The lowest BCUT2D eigenvalue weighted by Gasteiger charge is -2.12. The van der Waals surface area contributed by atoms with Crippen LogP contribution in [0.1, 0.15) is 11.1 Å². The van der Waals surface area contributed by atoms with Gasteiger partial charge in [0.25, 0.3) is 0 Å². The van der Waals surface area contributed by atoms with Gasteiger partial charge in [0.1, 0.15) is 5.82 Å². The first-order chi connectivity index (χ1) is 12.3. The molecule has 0 aromatic carbocycles. The molecule has 0 unspecified atom stereocenters. The fourth-order valence-electron chi connectivity index (χ4n) is 2.64. The zero-order chi connectivity index (χ0) is 17.1. The first-order valence-corrected chi connectivity index (χ1v) is 7.90. The molecule has 7 heteroatoms. The Morgan fingerprint density at radius 1 is 1.04 bits per heavy atom. The number of hydrogen-bond acceptors (Lipinski definition) is 6. The minimum Gasteiger partial charge on any atom is -0.461 e. The van der Waals surface area contributed by atoms with Gasteiger partial charge < -0.3 is 10.2 Å². The van der Waals surface area contributed by atoms with Gasteiger partial charge in [0, 0.05) is 30.4 Å². The molecular formula is C18H16N6O. The highest BCUT2D eigenvalue weighted by Gasteiger charge is 2.16. The van der Waals surface area contributed by atoms with E-state index in [1.165, 1.54) is 0 Å². The molecule has 0 spiro atoms. The predicted molar refractivity (Wildman–Crippen MR) is 92.9 cm³/mol. The van der Waals surface area contributed by atoms with Gasteiger partial charge in [-0.25, -0.2) is 14.6 Å². The monoisotopic (exact) mass is 332 g/mol. The molecule has 7 nitrogen and oxygen atoms in total. The van der Waals surface area contributed by atoms with Crippen LogP contribution in [0.5, 0.6) is 0 Å². The molecule has 0 radical (unpaired) electrons. The average Bonchev–Trinajstić information content (AvgIpc) is 3.35. The van der Waals surface area contributed by atoms with E-state index >= 15 is 0 Å². The second-order valence-electron chi connectivity index (χ2n) is 5.52. The van der Waals surface area contributed by atoms with Gasteiger partial charge in [-0.05, 0) is 42.7 Å². The van der Waals surface area contributed by atoms with Crippen LogP contribution in [0.2, 0.25) is 0 Å². The highest BCUT2D eigenvalue weighted by molar-refractivity contribution is 5.57. The van der Waals surface area contributed by atoms with E-state index in [-0.39, 0.29) is 0 Å². The Bertz CT molecular complexity index is 949. The topological polar surface area (TPSA) is 95.7 Å². The summed E-state index contributed by atoms with van der Waals surface area (Å²) in [6, 6.07) is 9.39. The lowest BCUT2D eigenvalue weighted by atomic mass is 10.1. The summed E-state index contributed by atoms with van der Waals surface area (Å²) in [5.41, 5.74) is 8.23. The number of anilines is 1. The lowest BCUT2D eigenvalue weighted by Crippen LogP contribution is -2.11. The Labute approximate surface area is 144 Å². The normalized spacial score (nSPS) is 10.9. The molecule has 0 atom stereocenters. The van der Waals surface area contributed by atoms with Crippen LogP contribution in [-0.4, -0.2) is 24.7 Å². The van der Waals surface area contributed by atoms with Crippen molar-refractivity contribution in [3.63, 3.8) is 0 Å². The highest BCUT2D eigenvalue weighted by atomic mass is 16.3. The van der Waals surface area contributed by atoms with Gasteiger partial charge in [-0.1, -0.05) is 6.07 Å². The summed E-state index contributed by atoms with van der Waals surface area (Å²) >= 11 is 0. The third-order valence-electron chi connectivity index (χ3n) is 3.87. The molecule has 4 rings (SSSR count). The first kappa shape index (κ1) is 15.1. The number of rotatable bonds is 5. The quantitative estimate of drug-likeness (QED) is 0.603. The van der Waals surface area contributed by atoms with Crippen molar-refractivity contribution < 1.29 is 4.42 Å². The molecule has 0 amide bonds. The predicted octanol–water partition coefficient (Wildman–Crippen LogP) is 2.68. The van der Waals surface area contributed by atoms with E-state index in [4.69, 9.17) is 10.2 Å². The van der Waals surface area contributed by atoms with Crippen LogP contribution in [0.4, 0.5) is 5.82 Å². The highest BCUT2D eigenvalue weighted by Crippen LogP contribution is 2.24. The third kappa shape index (κ3) is 3.12. The summed E-state index contributed by atoms with van der Waals surface area (Å²) in [4.78, 5) is 13.2. The average molecular weight is 332 g/mol. The number of nitrogens with two attached hydrogens (primary N) is 1. The Kier molecular flexibility index (Phi) is 3.96. The largest absolute Gasteiger partial charge is 0.461 e. The summed E-state index contributed by atoms with van der Waals surface area (Å²) in [6.45, 7) is 0. The molecule has 0 aliphatic carbocycles. The fraction of sp³-hybridized carbons (Fsp3) is 0.111. The zero-order valence-electron chi connectivity index (χ0n) is 13.4. The Hall–Kier alpha value is -3.48. The summed E-state index contributed by atoms with van der Waals surface area (Å²) in [5.74, 6) is 2.10. The Morgan fingerprint density at radius 3 is 2.72 bits per heavy atom. The van der Waals surface area contributed by atoms with Gasteiger partial charge in [0.2, 0.25) is 0 Å². The number of aryl methyl sites for hydroxylation is 1. The molecule has 0 saturated carbocycles. The molecule has 4 aromatic heterocycles. The van der Waals surface area contributed by atoms with Crippen molar-refractivity contribution >= 4 is 5.82 Å². The maximum Gasteiger partial charge on any atom is 0.199 e. The summed E-state index contributed by atoms with van der Waals surface area (Å²) in [5, 5.41) is 4.29. The van der Waals surface area contributed by atoms with E-state index < -0.39 is 0 Å². The smallest absolute Gasteiger partial charge is 0.199 e. The van der Waals surface area contributed by atoms with E-state index in [1.54, 1.807) is 35.5 Å². The van der Waals surface area contributed by atoms with Crippen LogP contribution in [0.3, 0.4) is 0 Å². The van der Waals surface area contributed by atoms with Gasteiger partial charge in [0.15, 0.2) is 17.4 Å². The summed E-state index contributed by atoms with van der Waals surface area (Å²) in [6.07, 6.45) is 10.2. The van der Waals surface area contributed by atoms with Gasteiger partial charge in [-0.3, -0.25) is 4.98 Å². The summed E-state index contributed by atoms with van der Waals surface area (Å²) < 4.78 is 7.10. The van der Waals surface area contributed by atoms with Crippen LogP contribution in [-0.2, 0) is 12.8 Å². The molecule has 0 aliphatic rings. The van der Waals surface area contributed by atoms with Crippen LogP contribution in [0.25, 0.3) is 17.4 Å². The van der Waals surface area contributed by atoms with E-state index in [0.717, 1.165) is 17.5 Å². The van der Waals surface area contributed by atoms with Gasteiger partial charge in [-0.2, -0.15) is 5.10 Å². The van der Waals surface area contributed by atoms with Crippen LogP contribution < -0.4 is 5.73 Å². The van der Waals surface area contributed by atoms with E-state index in [0.29, 0.717) is 29.6 Å². The molecule has 4 heterocycles. The third-order valence-corrected chi connectivity index (χ3v) is 3.87. The van der Waals surface area contributed by atoms with Gasteiger partial charge in [-0.15, -0.1) is 0 Å². The van der Waals surface area contributed by atoms with Crippen LogP contribution in [0, 0.1) is 0 Å². The standard InChI is InChI=1S/C18H16N6O/c19-16-14(7-6-13-4-1-8-20-12-13)18(24-10-3-9-21-24)23-17(22-16)15-5-2-11-25-15/h1-5,8-12H,6-7H2,(H2,19,22,23). The number of nitrogen functional groups attached to an aromatic ring is 1. The van der Waals surface area contributed by atoms with E-state index in [9.17, 15) is 0 Å². The number of nitrogens with zero attached hydrogens (tertiary/aromatic N) is 5. The van der Waals surface area contributed by atoms with Crippen LogP contribution >= 0.6 is 0 Å². The maximum atomic E-state index is 6.25. The minimum absolute atomic E-state index is 0.427. The van der Waals surface area contributed by atoms with Crippen molar-refractivity contribution in [1.82, 2.24) is 24.7 Å². The number of hydrogen-bond donors (Lipinski definition) is 1. The van der Waals surface area contributed by atoms with Crippen molar-refractivity contribution in [3.05, 3.63) is 72.5 Å². The molecule has 0 fully saturated rings. The van der Waals surface area contributed by atoms with Crippen molar-refractivity contribution in [2.75, 3.05) is 5.73 Å². The second-order valence-corrected chi connectivity index (χ2v) is 5.52. The van der Waals surface area contributed by atoms with E-state index in [1.807, 2.05) is 30.6 Å². The molecular weight excluding hydrogens is 316 g/mol. The Balaban J connectivity index is 1.74. The number of pyridine rings is 1. The van der Waals surface area contributed by atoms with Gasteiger partial charge in [0.05, 0.1) is 6.26 Å². The molecule has 124 valence electrons. The van der Waals surface area contributed by atoms with Crippen molar-refractivity contribution in [2.24, 2.45) is 0 Å². The molecule has 0 aliphatic heterocycles.